The molecule has 3 heterocycles. The number of amides is 1. The molecular weight excluding hydrogens is 340 g/mol. The fourth-order valence-corrected chi connectivity index (χ4v) is 3.25. The van der Waals surface area contributed by atoms with Crippen LogP contribution < -0.4 is 4.90 Å². The lowest BCUT2D eigenvalue weighted by atomic mass is 10.1. The zero-order valence-corrected chi connectivity index (χ0v) is 14.7. The van der Waals surface area contributed by atoms with Crippen molar-refractivity contribution in [2.45, 2.75) is 33.5 Å². The summed E-state index contributed by atoms with van der Waals surface area (Å²) < 4.78 is 3.48. The van der Waals surface area contributed by atoms with Crippen molar-refractivity contribution < 1.29 is 4.79 Å². The van der Waals surface area contributed by atoms with Crippen LogP contribution in [0.3, 0.4) is 0 Å². The normalized spacial score (nSPS) is 13.3. The van der Waals surface area contributed by atoms with Gasteiger partial charge in [0.2, 0.25) is 5.91 Å². The molecule has 0 saturated heterocycles. The number of rotatable bonds is 2. The van der Waals surface area contributed by atoms with Crippen LogP contribution in [0.5, 0.6) is 0 Å². The van der Waals surface area contributed by atoms with E-state index in [1.54, 1.807) is 15.8 Å². The summed E-state index contributed by atoms with van der Waals surface area (Å²) in [6.07, 6.45) is 1.70. The molecule has 0 atom stereocenters. The molecule has 0 N–H and O–H groups in total. The van der Waals surface area contributed by atoms with Gasteiger partial charge in [0, 0.05) is 5.69 Å². The standard InChI is InChI=1S/C17H17ClN6O/c1-11-17(18)12(2)23(20-11)10-16(25)22-9-14-7-19-21-24(14)8-13-5-3-4-6-15(13)22/h3-7H,8-10H2,1-2H3. The monoisotopic (exact) mass is 356 g/mol. The van der Waals surface area contributed by atoms with Gasteiger partial charge in [0.15, 0.2) is 0 Å². The van der Waals surface area contributed by atoms with Crippen LogP contribution in [-0.4, -0.2) is 30.7 Å². The van der Waals surface area contributed by atoms with Crippen LogP contribution >= 0.6 is 11.6 Å². The molecule has 0 fully saturated rings. The van der Waals surface area contributed by atoms with Crippen molar-refractivity contribution in [1.82, 2.24) is 24.8 Å². The van der Waals surface area contributed by atoms with E-state index in [-0.39, 0.29) is 12.5 Å². The van der Waals surface area contributed by atoms with Gasteiger partial charge in [0.25, 0.3) is 0 Å². The van der Waals surface area contributed by atoms with Crippen molar-refractivity contribution in [3.8, 4) is 0 Å². The zero-order chi connectivity index (χ0) is 17.6. The van der Waals surface area contributed by atoms with Gasteiger partial charge in [-0.2, -0.15) is 5.10 Å². The van der Waals surface area contributed by atoms with E-state index in [1.165, 1.54) is 0 Å². The van der Waals surface area contributed by atoms with Crippen molar-refractivity contribution in [1.29, 1.82) is 0 Å². The van der Waals surface area contributed by atoms with Crippen LogP contribution in [0.25, 0.3) is 0 Å². The fourth-order valence-electron chi connectivity index (χ4n) is 3.12. The molecular formula is C17H17ClN6O. The highest BCUT2D eigenvalue weighted by Crippen LogP contribution is 2.27. The third-order valence-corrected chi connectivity index (χ3v) is 5.05. The summed E-state index contributed by atoms with van der Waals surface area (Å²) in [4.78, 5) is 14.8. The van der Waals surface area contributed by atoms with Crippen LogP contribution in [0.15, 0.2) is 30.5 Å². The average Bonchev–Trinajstić information content (AvgIpc) is 3.08. The van der Waals surface area contributed by atoms with Gasteiger partial charge in [-0.15, -0.1) is 5.10 Å². The first-order chi connectivity index (χ1) is 12.0. The summed E-state index contributed by atoms with van der Waals surface area (Å²) in [7, 11) is 0. The van der Waals surface area contributed by atoms with E-state index in [0.29, 0.717) is 18.1 Å². The Morgan fingerprint density at radius 2 is 2.04 bits per heavy atom. The predicted octanol–water partition coefficient (Wildman–Crippen LogP) is 2.34. The first kappa shape index (κ1) is 15.8. The number of nitrogens with zero attached hydrogens (tertiary/aromatic N) is 6. The van der Waals surface area contributed by atoms with Crippen molar-refractivity contribution >= 4 is 23.2 Å². The van der Waals surface area contributed by atoms with E-state index < -0.39 is 0 Å². The Bertz CT molecular complexity index is 960. The van der Waals surface area contributed by atoms with Gasteiger partial charge in [0.05, 0.1) is 41.4 Å². The molecule has 1 aliphatic heterocycles. The summed E-state index contributed by atoms with van der Waals surface area (Å²) in [6.45, 7) is 4.86. The number of carbonyl (C=O) groups is 1. The SMILES string of the molecule is Cc1nn(CC(=O)N2Cc3cnnn3Cc3ccccc32)c(C)c1Cl. The minimum atomic E-state index is -0.0515. The quantitative estimate of drug-likeness (QED) is 0.706. The molecule has 0 spiro atoms. The van der Waals surface area contributed by atoms with Crippen molar-refractivity contribution in [2.75, 3.05) is 4.90 Å². The molecule has 25 heavy (non-hydrogen) atoms. The second-order valence-electron chi connectivity index (χ2n) is 6.13. The number of hydrogen-bond acceptors (Lipinski definition) is 4. The summed E-state index contributed by atoms with van der Waals surface area (Å²) in [5, 5.41) is 13.1. The molecule has 7 nitrogen and oxygen atoms in total. The number of hydrogen-bond donors (Lipinski definition) is 0. The number of anilines is 1. The molecule has 2 aromatic heterocycles. The van der Waals surface area contributed by atoms with E-state index in [0.717, 1.165) is 28.3 Å². The van der Waals surface area contributed by atoms with Crippen LogP contribution in [0, 0.1) is 13.8 Å². The van der Waals surface area contributed by atoms with Gasteiger partial charge in [0.1, 0.15) is 6.54 Å². The molecule has 0 aliphatic carbocycles. The predicted molar refractivity (Wildman–Crippen MR) is 93.5 cm³/mol. The van der Waals surface area contributed by atoms with Crippen LogP contribution in [0.2, 0.25) is 5.02 Å². The molecule has 4 rings (SSSR count). The molecule has 0 saturated carbocycles. The lowest BCUT2D eigenvalue weighted by Crippen LogP contribution is -2.34. The number of benzene rings is 1. The number of aromatic nitrogens is 5. The Balaban J connectivity index is 1.70. The second-order valence-corrected chi connectivity index (χ2v) is 6.51. The molecule has 1 amide bonds. The van der Waals surface area contributed by atoms with Gasteiger partial charge in [-0.1, -0.05) is 35.0 Å². The highest BCUT2D eigenvalue weighted by atomic mass is 35.5. The van der Waals surface area contributed by atoms with E-state index >= 15 is 0 Å². The topological polar surface area (TPSA) is 68.8 Å². The molecule has 1 aromatic carbocycles. The van der Waals surface area contributed by atoms with Gasteiger partial charge < -0.3 is 4.90 Å². The first-order valence-corrected chi connectivity index (χ1v) is 8.37. The molecule has 0 unspecified atom stereocenters. The Hall–Kier alpha value is -2.67. The molecule has 1 aliphatic rings. The average molecular weight is 357 g/mol. The number of aryl methyl sites for hydroxylation is 1. The largest absolute Gasteiger partial charge is 0.304 e. The minimum Gasteiger partial charge on any atom is -0.304 e. The second kappa shape index (κ2) is 6.00. The molecule has 8 heteroatoms. The summed E-state index contributed by atoms with van der Waals surface area (Å²) in [6, 6.07) is 7.86. The number of halogens is 1. The summed E-state index contributed by atoms with van der Waals surface area (Å²) in [5.41, 5.74) is 4.35. The maximum absolute atomic E-state index is 13.1. The molecule has 0 bridgehead atoms. The van der Waals surface area contributed by atoms with E-state index in [4.69, 9.17) is 11.6 Å². The van der Waals surface area contributed by atoms with Crippen molar-refractivity contribution in [3.05, 3.63) is 58.1 Å². The Morgan fingerprint density at radius 3 is 2.80 bits per heavy atom. The Kier molecular flexibility index (Phi) is 3.80. The number of fused-ring (bicyclic) bond motifs is 2. The zero-order valence-electron chi connectivity index (χ0n) is 14.0. The molecule has 0 radical (unpaired) electrons. The smallest absolute Gasteiger partial charge is 0.249 e. The van der Waals surface area contributed by atoms with E-state index in [9.17, 15) is 4.79 Å². The molecule has 128 valence electrons. The van der Waals surface area contributed by atoms with E-state index in [2.05, 4.69) is 15.4 Å². The van der Waals surface area contributed by atoms with Gasteiger partial charge in [-0.25, -0.2) is 4.68 Å². The summed E-state index contributed by atoms with van der Waals surface area (Å²) in [5.74, 6) is -0.0515. The van der Waals surface area contributed by atoms with Crippen LogP contribution in [0.1, 0.15) is 22.6 Å². The van der Waals surface area contributed by atoms with Crippen LogP contribution in [-0.2, 0) is 24.4 Å². The third kappa shape index (κ3) is 2.70. The maximum atomic E-state index is 13.1. The minimum absolute atomic E-state index is 0.0515. The number of carbonyl (C=O) groups excluding carboxylic acids is 1. The third-order valence-electron chi connectivity index (χ3n) is 4.50. The molecule has 3 aromatic rings. The maximum Gasteiger partial charge on any atom is 0.249 e. The van der Waals surface area contributed by atoms with E-state index in [1.807, 2.05) is 42.8 Å². The number of para-hydroxylation sites is 1. The lowest BCUT2D eigenvalue weighted by Gasteiger charge is -2.22. The van der Waals surface area contributed by atoms with Gasteiger partial charge in [-0.05, 0) is 25.5 Å². The summed E-state index contributed by atoms with van der Waals surface area (Å²) >= 11 is 6.20. The lowest BCUT2D eigenvalue weighted by molar-refractivity contribution is -0.119. The Labute approximate surface area is 149 Å². The highest BCUT2D eigenvalue weighted by molar-refractivity contribution is 6.31. The highest BCUT2D eigenvalue weighted by Gasteiger charge is 2.25. The van der Waals surface area contributed by atoms with Gasteiger partial charge >= 0.3 is 0 Å². The fraction of sp³-hybridized carbons (Fsp3) is 0.294. The van der Waals surface area contributed by atoms with Gasteiger partial charge in [-0.3, -0.25) is 9.48 Å². The first-order valence-electron chi connectivity index (χ1n) is 7.99. The Morgan fingerprint density at radius 1 is 1.24 bits per heavy atom. The van der Waals surface area contributed by atoms with Crippen LogP contribution in [0.4, 0.5) is 5.69 Å². The van der Waals surface area contributed by atoms with Crippen molar-refractivity contribution in [2.24, 2.45) is 0 Å². The van der Waals surface area contributed by atoms with Crippen molar-refractivity contribution in [3.63, 3.8) is 0 Å².